The summed E-state index contributed by atoms with van der Waals surface area (Å²) in [5.74, 6) is 1.70. The van der Waals surface area contributed by atoms with Gasteiger partial charge < -0.3 is 9.47 Å². The van der Waals surface area contributed by atoms with E-state index in [0.29, 0.717) is 0 Å². The Morgan fingerprint density at radius 1 is 0.514 bits per heavy atom. The number of likely N-dealkylation sites (N-methyl/N-ethyl adjacent to an activating group) is 2. The summed E-state index contributed by atoms with van der Waals surface area (Å²) in [7, 11) is 7.70. The van der Waals surface area contributed by atoms with Gasteiger partial charge in [-0.05, 0) is 24.3 Å². The molecule has 0 saturated carbocycles. The van der Waals surface area contributed by atoms with Crippen molar-refractivity contribution in [1.82, 2.24) is 0 Å². The Morgan fingerprint density at radius 3 is 1.19 bits per heavy atom. The van der Waals surface area contributed by atoms with Gasteiger partial charge in [0.05, 0.1) is 25.3 Å². The Hall–Kier alpha value is -3.67. The van der Waals surface area contributed by atoms with Crippen LogP contribution in [0.25, 0.3) is 0 Å². The molecule has 0 spiro atoms. The summed E-state index contributed by atoms with van der Waals surface area (Å²) in [5, 5.41) is 0. The first-order valence-electron chi connectivity index (χ1n) is 12.1. The Labute approximate surface area is 230 Å². The van der Waals surface area contributed by atoms with Gasteiger partial charge in [-0.15, -0.1) is 0 Å². The largest absolute Gasteiger partial charge is 0.496 e. The minimum absolute atomic E-state index is 0. The van der Waals surface area contributed by atoms with E-state index in [1.807, 2.05) is 36.4 Å². The average molecular weight is 538 g/mol. The number of hydrogen-bond acceptors (Lipinski definition) is 2. The fraction of sp³-hybridized carbons (Fsp3) is 0.188. The van der Waals surface area contributed by atoms with E-state index < -0.39 is 0 Å². The third-order valence-electron chi connectivity index (χ3n) is 6.42. The van der Waals surface area contributed by atoms with Gasteiger partial charge in [0.15, 0.2) is 12.4 Å². The molecule has 37 heavy (non-hydrogen) atoms. The van der Waals surface area contributed by atoms with E-state index in [-0.39, 0.29) is 28.9 Å². The van der Waals surface area contributed by atoms with Gasteiger partial charge >= 0.3 is 0 Å². The molecule has 5 heteroatoms. The minimum atomic E-state index is 0. The summed E-state index contributed by atoms with van der Waals surface area (Å²) in [5.41, 5.74) is 4.51. The van der Waals surface area contributed by atoms with Crippen molar-refractivity contribution in [1.29, 1.82) is 0 Å². The molecule has 0 aliphatic heterocycles. The van der Waals surface area contributed by atoms with Crippen LogP contribution in [0.1, 0.15) is 34.3 Å². The van der Waals surface area contributed by atoms with E-state index in [9.17, 15) is 0 Å². The molecule has 0 aliphatic rings. The first-order valence-corrected chi connectivity index (χ1v) is 12.1. The fourth-order valence-electron chi connectivity index (χ4n) is 4.73. The van der Waals surface area contributed by atoms with E-state index in [4.69, 9.17) is 9.47 Å². The maximum Gasteiger partial charge on any atom is 0.243 e. The van der Waals surface area contributed by atoms with E-state index in [2.05, 4.69) is 108 Å². The predicted molar refractivity (Wildman–Crippen MR) is 147 cm³/mol. The number of ether oxygens (including phenoxy) is 2. The Morgan fingerprint density at radius 2 is 0.838 bits per heavy atom. The second-order valence-electron chi connectivity index (χ2n) is 8.78. The van der Waals surface area contributed by atoms with Gasteiger partial charge in [0.25, 0.3) is 0 Å². The molecule has 2 atom stereocenters. The van der Waals surface area contributed by atoms with Gasteiger partial charge in [-0.25, -0.2) is 9.15 Å². The molecule has 0 aromatic heterocycles. The van der Waals surface area contributed by atoms with Crippen molar-refractivity contribution in [2.75, 3.05) is 28.3 Å². The zero-order valence-electron chi connectivity index (χ0n) is 21.7. The quantitative estimate of drug-likeness (QED) is 0.193. The van der Waals surface area contributed by atoms with E-state index in [0.717, 1.165) is 22.6 Å². The van der Waals surface area contributed by atoms with Gasteiger partial charge in [0.2, 0.25) is 12.1 Å². The monoisotopic (exact) mass is 537 g/mol. The van der Waals surface area contributed by atoms with E-state index >= 15 is 0 Å². The van der Waals surface area contributed by atoms with Crippen molar-refractivity contribution in [2.24, 2.45) is 0 Å². The van der Waals surface area contributed by atoms with Crippen LogP contribution < -0.4 is 9.47 Å². The van der Waals surface area contributed by atoms with Crippen molar-refractivity contribution in [3.63, 3.8) is 0 Å². The van der Waals surface area contributed by atoms with Crippen LogP contribution in [0, 0.1) is 0 Å². The van der Waals surface area contributed by atoms with E-state index in [1.165, 1.54) is 11.1 Å². The van der Waals surface area contributed by atoms with Gasteiger partial charge in [0, 0.05) is 27.9 Å². The first kappa shape index (κ1) is 27.9. The molecule has 0 aliphatic carbocycles. The van der Waals surface area contributed by atoms with Crippen LogP contribution >= 0.6 is 0 Å². The standard InChI is InChI=1S/C32H34N2O2.Co/c1-33(23-27-19-11-13-21-29(27)35-3)31(25-15-7-5-8-16-25)32(26-17-9-6-10-18-26)34(2)24-28-20-12-14-22-30(28)36-4;/h5-24,31-32H,1-4H3;/q+2;. The van der Waals surface area contributed by atoms with Crippen LogP contribution in [0.4, 0.5) is 0 Å². The Kier molecular flexibility index (Phi) is 10.2. The molecule has 4 rings (SSSR count). The molecule has 0 bridgehead atoms. The van der Waals surface area contributed by atoms with Gasteiger partial charge in [-0.1, -0.05) is 84.9 Å². The van der Waals surface area contributed by atoms with Gasteiger partial charge in [0.1, 0.15) is 25.6 Å². The molecule has 0 saturated heterocycles. The molecule has 0 heterocycles. The summed E-state index contributed by atoms with van der Waals surface area (Å²) >= 11 is 0. The molecule has 2 unspecified atom stereocenters. The molecule has 4 aromatic carbocycles. The number of benzene rings is 4. The summed E-state index contributed by atoms with van der Waals surface area (Å²) in [6.45, 7) is 0. The predicted octanol–water partition coefficient (Wildman–Crippen LogP) is 6.01. The van der Waals surface area contributed by atoms with Crippen LogP contribution in [-0.4, -0.2) is 49.9 Å². The Bertz CT molecular complexity index is 1230. The topological polar surface area (TPSA) is 24.5 Å². The third-order valence-corrected chi connectivity index (χ3v) is 6.42. The average Bonchev–Trinajstić information content (AvgIpc) is 2.93. The number of methoxy groups -OCH3 is 2. The van der Waals surface area contributed by atoms with E-state index in [1.54, 1.807) is 14.2 Å². The number of para-hydroxylation sites is 2. The second kappa shape index (κ2) is 13.6. The summed E-state index contributed by atoms with van der Waals surface area (Å²) in [6, 6.07) is 37.6. The summed E-state index contributed by atoms with van der Waals surface area (Å²) < 4.78 is 15.9. The fourth-order valence-corrected chi connectivity index (χ4v) is 4.73. The smallest absolute Gasteiger partial charge is 0.243 e. The molecule has 4 aromatic rings. The second-order valence-corrected chi connectivity index (χ2v) is 8.78. The molecule has 1 radical (unpaired) electrons. The Balaban J connectivity index is 0.00000380. The van der Waals surface area contributed by atoms with Gasteiger partial charge in [-0.2, -0.15) is 0 Å². The molecule has 0 amide bonds. The maximum absolute atomic E-state index is 5.64. The van der Waals surface area contributed by atoms with Crippen molar-refractivity contribution in [2.45, 2.75) is 12.1 Å². The molecule has 0 N–H and O–H groups in total. The summed E-state index contributed by atoms with van der Waals surface area (Å²) in [4.78, 5) is 0. The zero-order valence-corrected chi connectivity index (χ0v) is 22.8. The molecule has 4 nitrogen and oxygen atoms in total. The van der Waals surface area contributed by atoms with Crippen LogP contribution in [0.15, 0.2) is 109 Å². The van der Waals surface area contributed by atoms with Crippen molar-refractivity contribution in [3.05, 3.63) is 131 Å². The van der Waals surface area contributed by atoms with Crippen molar-refractivity contribution < 1.29 is 35.4 Å². The molecular formula is C32H34CoN2O2+2. The maximum atomic E-state index is 5.64. The number of nitrogens with zero attached hydrogens (tertiary/aromatic N) is 2. The zero-order chi connectivity index (χ0) is 25.3. The first-order chi connectivity index (χ1) is 17.6. The van der Waals surface area contributed by atoms with Crippen LogP contribution in [0.5, 0.6) is 11.5 Å². The SMILES string of the molecule is COc1ccccc1C=[N+](C)C(c1ccccc1)C(c1ccccc1)[N+](C)=Cc1ccccc1OC.[Co]. The minimum Gasteiger partial charge on any atom is -0.496 e. The normalized spacial score (nSPS) is 13.3. The van der Waals surface area contributed by atoms with Crippen LogP contribution in [0.3, 0.4) is 0 Å². The number of rotatable bonds is 9. The summed E-state index contributed by atoms with van der Waals surface area (Å²) in [6.07, 6.45) is 4.34. The third kappa shape index (κ3) is 6.76. The van der Waals surface area contributed by atoms with Crippen LogP contribution in [-0.2, 0) is 16.8 Å². The number of hydrogen-bond donors (Lipinski definition) is 0. The van der Waals surface area contributed by atoms with Crippen molar-refractivity contribution in [3.8, 4) is 11.5 Å². The molecule has 0 fully saturated rings. The molecular weight excluding hydrogens is 503 g/mol. The van der Waals surface area contributed by atoms with Gasteiger partial charge in [-0.3, -0.25) is 0 Å². The van der Waals surface area contributed by atoms with Crippen molar-refractivity contribution >= 4 is 12.4 Å². The molecule has 191 valence electrons. The van der Waals surface area contributed by atoms with Crippen LogP contribution in [0.2, 0.25) is 0 Å².